The molecular formula is C18H22N2O. The van der Waals surface area contributed by atoms with E-state index in [2.05, 4.69) is 50.4 Å². The third-order valence-corrected chi connectivity index (χ3v) is 4.26. The first-order valence-electron chi connectivity index (χ1n) is 7.40. The molecule has 0 aromatic heterocycles. The Bertz CT molecular complexity index is 682. The van der Waals surface area contributed by atoms with E-state index in [0.717, 1.165) is 10.9 Å². The van der Waals surface area contributed by atoms with Crippen molar-refractivity contribution in [3.05, 3.63) is 48.0 Å². The lowest BCUT2D eigenvalue weighted by molar-refractivity contribution is -0.129. The van der Waals surface area contributed by atoms with Gasteiger partial charge < -0.3 is 4.90 Å². The van der Waals surface area contributed by atoms with Crippen molar-refractivity contribution >= 4 is 16.7 Å². The van der Waals surface area contributed by atoms with Crippen LogP contribution >= 0.6 is 0 Å². The zero-order valence-corrected chi connectivity index (χ0v) is 13.1. The predicted molar refractivity (Wildman–Crippen MR) is 85.8 cm³/mol. The summed E-state index contributed by atoms with van der Waals surface area (Å²) in [6.07, 6.45) is 0.0500. The summed E-state index contributed by atoms with van der Waals surface area (Å²) in [7, 11) is 1.89. The van der Waals surface area contributed by atoms with Crippen molar-refractivity contribution in [2.45, 2.75) is 33.0 Å². The van der Waals surface area contributed by atoms with Crippen molar-refractivity contribution in [2.24, 2.45) is 5.41 Å². The third-order valence-electron chi connectivity index (χ3n) is 4.26. The van der Waals surface area contributed by atoms with Crippen molar-refractivity contribution in [2.75, 3.05) is 7.05 Å². The predicted octanol–water partition coefficient (Wildman–Crippen LogP) is 3.31. The summed E-state index contributed by atoms with van der Waals surface area (Å²) in [5.74, 6) is 0.145. The second kappa shape index (κ2) is 4.85. The van der Waals surface area contributed by atoms with Crippen LogP contribution in [0.1, 0.15) is 32.4 Å². The van der Waals surface area contributed by atoms with Crippen LogP contribution in [-0.4, -0.2) is 24.0 Å². The van der Waals surface area contributed by atoms with Gasteiger partial charge in [0.25, 0.3) is 0 Å². The average Bonchev–Trinajstić information content (AvgIpc) is 2.75. The van der Waals surface area contributed by atoms with Crippen LogP contribution in [0.2, 0.25) is 0 Å². The van der Waals surface area contributed by atoms with Gasteiger partial charge in [-0.2, -0.15) is 0 Å². The summed E-state index contributed by atoms with van der Waals surface area (Å²) in [5.41, 5.74) is 1.07. The number of rotatable bonds is 1. The molecule has 3 heteroatoms. The molecule has 0 saturated carbocycles. The van der Waals surface area contributed by atoms with Crippen molar-refractivity contribution in [1.82, 2.24) is 10.2 Å². The normalized spacial score (nSPS) is 23.0. The summed E-state index contributed by atoms with van der Waals surface area (Å²) in [5, 5.41) is 5.83. The third kappa shape index (κ3) is 2.32. The number of amides is 1. The minimum Gasteiger partial charge on any atom is -0.328 e. The number of nitrogens with zero attached hydrogens (tertiary/aromatic N) is 1. The largest absolute Gasteiger partial charge is 0.328 e. The van der Waals surface area contributed by atoms with Gasteiger partial charge in [-0.3, -0.25) is 10.1 Å². The van der Waals surface area contributed by atoms with Gasteiger partial charge >= 0.3 is 0 Å². The smallest absolute Gasteiger partial charge is 0.245 e. The van der Waals surface area contributed by atoms with Crippen molar-refractivity contribution in [3.8, 4) is 0 Å². The van der Waals surface area contributed by atoms with E-state index in [1.807, 2.05) is 30.1 Å². The highest BCUT2D eigenvalue weighted by atomic mass is 16.2. The Balaban J connectivity index is 2.06. The standard InChI is InChI=1S/C18H22N2O/c1-18(2,3)17-19-15(16(21)20(17)4)14-11-7-9-12-8-5-6-10-13(12)14/h5-11,15,17,19H,1-4H3/t15-,17-/m1/s1. The lowest BCUT2D eigenvalue weighted by atomic mass is 9.92. The Morgan fingerprint density at radius 2 is 1.71 bits per heavy atom. The Morgan fingerprint density at radius 1 is 1.05 bits per heavy atom. The number of fused-ring (bicyclic) bond motifs is 1. The summed E-state index contributed by atoms with van der Waals surface area (Å²) in [6.45, 7) is 6.46. The molecule has 2 aromatic rings. The molecule has 3 rings (SSSR count). The molecule has 0 spiro atoms. The Morgan fingerprint density at radius 3 is 2.38 bits per heavy atom. The summed E-state index contributed by atoms with van der Waals surface area (Å²) in [4.78, 5) is 14.5. The summed E-state index contributed by atoms with van der Waals surface area (Å²) >= 11 is 0. The van der Waals surface area contributed by atoms with Gasteiger partial charge in [0.05, 0.1) is 6.17 Å². The Kier molecular flexibility index (Phi) is 3.25. The molecule has 1 amide bonds. The molecule has 1 aliphatic heterocycles. The first-order chi connectivity index (χ1) is 9.89. The van der Waals surface area contributed by atoms with Crippen LogP contribution in [0.3, 0.4) is 0 Å². The van der Waals surface area contributed by atoms with Crippen LogP contribution in [-0.2, 0) is 4.79 Å². The van der Waals surface area contributed by atoms with Crippen LogP contribution < -0.4 is 5.32 Å². The molecule has 0 unspecified atom stereocenters. The molecule has 110 valence electrons. The monoisotopic (exact) mass is 282 g/mol. The maximum atomic E-state index is 12.7. The average molecular weight is 282 g/mol. The minimum atomic E-state index is -0.259. The quantitative estimate of drug-likeness (QED) is 0.870. The van der Waals surface area contributed by atoms with E-state index in [4.69, 9.17) is 0 Å². The number of nitrogens with one attached hydrogen (secondary N) is 1. The van der Waals surface area contributed by atoms with E-state index in [1.54, 1.807) is 0 Å². The van der Waals surface area contributed by atoms with Crippen LogP contribution in [0, 0.1) is 5.41 Å². The minimum absolute atomic E-state index is 0.00371. The molecular weight excluding hydrogens is 260 g/mol. The SMILES string of the molecule is CN1C(=O)[C@@H](c2cccc3ccccc23)N[C@H]1C(C)(C)C. The van der Waals surface area contributed by atoms with Gasteiger partial charge in [0.15, 0.2) is 0 Å². The van der Waals surface area contributed by atoms with E-state index in [1.165, 1.54) is 5.39 Å². The second-order valence-electron chi connectivity index (χ2n) is 6.89. The maximum absolute atomic E-state index is 12.7. The number of hydrogen-bond donors (Lipinski definition) is 1. The van der Waals surface area contributed by atoms with E-state index in [9.17, 15) is 4.79 Å². The zero-order chi connectivity index (χ0) is 15.2. The van der Waals surface area contributed by atoms with Crippen molar-refractivity contribution in [1.29, 1.82) is 0 Å². The molecule has 2 aromatic carbocycles. The van der Waals surface area contributed by atoms with Crippen LogP contribution in [0.25, 0.3) is 10.8 Å². The van der Waals surface area contributed by atoms with Gasteiger partial charge in [0, 0.05) is 7.05 Å². The molecule has 0 aliphatic carbocycles. The van der Waals surface area contributed by atoms with E-state index >= 15 is 0 Å². The number of hydrogen-bond acceptors (Lipinski definition) is 2. The second-order valence-corrected chi connectivity index (χ2v) is 6.89. The number of carbonyl (C=O) groups excluding carboxylic acids is 1. The molecule has 21 heavy (non-hydrogen) atoms. The van der Waals surface area contributed by atoms with Gasteiger partial charge in [0.1, 0.15) is 6.04 Å². The molecule has 1 fully saturated rings. The first-order valence-corrected chi connectivity index (χ1v) is 7.40. The van der Waals surface area contributed by atoms with Crippen molar-refractivity contribution < 1.29 is 4.79 Å². The fraction of sp³-hybridized carbons (Fsp3) is 0.389. The van der Waals surface area contributed by atoms with E-state index in [-0.39, 0.29) is 23.5 Å². The van der Waals surface area contributed by atoms with Gasteiger partial charge in [-0.25, -0.2) is 0 Å². The van der Waals surface area contributed by atoms with Crippen molar-refractivity contribution in [3.63, 3.8) is 0 Å². The molecule has 0 bridgehead atoms. The highest BCUT2D eigenvalue weighted by molar-refractivity contribution is 5.93. The number of benzene rings is 2. The van der Waals surface area contributed by atoms with Crippen LogP contribution in [0.5, 0.6) is 0 Å². The molecule has 1 N–H and O–H groups in total. The molecule has 1 saturated heterocycles. The van der Waals surface area contributed by atoms with Crippen LogP contribution in [0.15, 0.2) is 42.5 Å². The van der Waals surface area contributed by atoms with E-state index in [0.29, 0.717) is 0 Å². The van der Waals surface area contributed by atoms with E-state index < -0.39 is 0 Å². The highest BCUT2D eigenvalue weighted by Crippen LogP contribution is 2.34. The van der Waals surface area contributed by atoms with Gasteiger partial charge in [-0.1, -0.05) is 63.2 Å². The lowest BCUT2D eigenvalue weighted by Gasteiger charge is -2.32. The fourth-order valence-electron chi connectivity index (χ4n) is 3.23. The zero-order valence-electron chi connectivity index (χ0n) is 13.1. The van der Waals surface area contributed by atoms with Gasteiger partial charge in [0.2, 0.25) is 5.91 Å². The highest BCUT2D eigenvalue weighted by Gasteiger charge is 2.43. The Hall–Kier alpha value is -1.87. The molecule has 0 radical (unpaired) electrons. The van der Waals surface area contributed by atoms with Gasteiger partial charge in [-0.05, 0) is 21.8 Å². The topological polar surface area (TPSA) is 32.3 Å². The van der Waals surface area contributed by atoms with Crippen LogP contribution in [0.4, 0.5) is 0 Å². The van der Waals surface area contributed by atoms with Gasteiger partial charge in [-0.15, -0.1) is 0 Å². The number of carbonyl (C=O) groups is 1. The molecule has 2 atom stereocenters. The lowest BCUT2D eigenvalue weighted by Crippen LogP contribution is -2.44. The summed E-state index contributed by atoms with van der Waals surface area (Å²) in [6, 6.07) is 14.1. The molecule has 1 aliphatic rings. The number of likely N-dealkylation sites (N-methyl/N-ethyl adjacent to an activating group) is 1. The first kappa shape index (κ1) is 14.1. The molecule has 3 nitrogen and oxygen atoms in total. The summed E-state index contributed by atoms with van der Waals surface area (Å²) < 4.78 is 0. The molecule has 1 heterocycles. The fourth-order valence-corrected chi connectivity index (χ4v) is 3.23. The maximum Gasteiger partial charge on any atom is 0.245 e. The Labute approximate surface area is 125 Å².